The summed E-state index contributed by atoms with van der Waals surface area (Å²) in [5.74, 6) is 5.37. The van der Waals surface area contributed by atoms with Crippen molar-refractivity contribution in [2.45, 2.75) is 129 Å². The molecule has 2 unspecified atom stereocenters. The van der Waals surface area contributed by atoms with Crippen LogP contribution in [0.1, 0.15) is 133 Å². The lowest BCUT2D eigenvalue weighted by molar-refractivity contribution is -0.148. The Labute approximate surface area is 703 Å². The lowest BCUT2D eigenvalue weighted by atomic mass is 9.89. The number of piperidine rings is 4. The van der Waals surface area contributed by atoms with Crippen LogP contribution in [-0.2, 0) is 70.3 Å². The number of nitrogens with zero attached hydrogens (tertiary/aromatic N) is 4. The normalized spacial score (nSPS) is 18.0. The van der Waals surface area contributed by atoms with Gasteiger partial charge in [-0.15, -0.1) is 0 Å². The molecule has 650 valence electrons. The van der Waals surface area contributed by atoms with Crippen molar-refractivity contribution in [3.63, 3.8) is 0 Å². The van der Waals surface area contributed by atoms with Gasteiger partial charge in [-0.2, -0.15) is 4.90 Å². The van der Waals surface area contributed by atoms with Crippen molar-refractivity contribution < 1.29 is 109 Å². The summed E-state index contributed by atoms with van der Waals surface area (Å²) in [5, 5.41) is 5.85. The standard InChI is InChI=1S/C43H55N3O10.C26H34N2O5.C22H29NO8/c1-4-41(48)46-17-19-55-42-34(28-46)24-33(32-9-13-37(50-2)38(25-32)51-3)26-39(42)56-29-30-6-5-15-45(27-30)16-18-52-20-21-53-22-23-54-35-10-7-31(8-11-35)36-12-14-40(47)44-43(36)49;1-4-25(29)28-10-11-32-26-21(16-28)12-20(19-7-8-22(30-2)23(13-19)31-3)14-24(26)33-17-18-6-5-9-27-15-18;1-22(2,3)31-21(27)23-19(25)9-8-18(20(23)26)16-4-6-17(7-5-16)30-15-14-29-13-12-28-11-10-24/h7-11,13,24-26,30,36H,4-6,12,14-23,27-29H2,1-3H3,(H,44,47,49);7-8,12-14,18,27H,4-6,9-11,15-17H2,1-3H3;4-7,10,18H,8-9,11-15H2,1-3H3/t30-,36?;18-;/m11./s1. The lowest BCUT2D eigenvalue weighted by Gasteiger charge is -2.32. The zero-order valence-electron chi connectivity index (χ0n) is 70.8. The molecule has 0 bridgehead atoms. The molecule has 4 fully saturated rings. The number of nitrogens with one attached hydrogen (secondary N) is 2. The molecule has 120 heavy (non-hydrogen) atoms. The van der Waals surface area contributed by atoms with E-state index in [1.54, 1.807) is 73.5 Å². The number of aldehydes is 1. The Kier molecular flexibility index (Phi) is 35.8. The fourth-order valence-electron chi connectivity index (χ4n) is 14.9. The summed E-state index contributed by atoms with van der Waals surface area (Å²) in [6, 6.07) is 34.3. The number of hydrogen-bond donors (Lipinski definition) is 2. The van der Waals surface area contributed by atoms with Crippen LogP contribution in [0.5, 0.6) is 57.5 Å². The van der Waals surface area contributed by atoms with Crippen LogP contribution in [0.15, 0.2) is 109 Å². The molecule has 4 atom stereocenters. The van der Waals surface area contributed by atoms with Gasteiger partial charge in [0.2, 0.25) is 35.4 Å². The number of methoxy groups -OCH3 is 4. The van der Waals surface area contributed by atoms with Gasteiger partial charge in [-0.25, -0.2) is 4.79 Å². The third-order valence-corrected chi connectivity index (χ3v) is 21.2. The summed E-state index contributed by atoms with van der Waals surface area (Å²) in [5.41, 5.74) is 6.51. The maximum atomic E-state index is 12.8. The number of ether oxygens (including phenoxy) is 15. The molecule has 0 radical (unpaired) electrons. The Morgan fingerprint density at radius 3 is 1.51 bits per heavy atom. The van der Waals surface area contributed by atoms with E-state index >= 15 is 0 Å². The molecule has 0 aliphatic carbocycles. The molecule has 6 heterocycles. The average Bonchev–Trinajstić information content (AvgIpc) is 1.28. The summed E-state index contributed by atoms with van der Waals surface area (Å²) < 4.78 is 85.8. The summed E-state index contributed by atoms with van der Waals surface area (Å²) in [7, 11) is 6.51. The van der Waals surface area contributed by atoms with Gasteiger partial charge in [-0.05, 0) is 179 Å². The van der Waals surface area contributed by atoms with E-state index < -0.39 is 29.4 Å². The number of benzene rings is 6. The minimum absolute atomic E-state index is 0.0550. The van der Waals surface area contributed by atoms with Crippen LogP contribution in [0.3, 0.4) is 0 Å². The first-order chi connectivity index (χ1) is 58.2. The number of hydrogen-bond acceptors (Lipinski definition) is 25. The first-order valence-electron chi connectivity index (χ1n) is 41.6. The zero-order chi connectivity index (χ0) is 85.3. The molecule has 0 aromatic heterocycles. The van der Waals surface area contributed by atoms with Crippen LogP contribution in [0.25, 0.3) is 22.3 Å². The highest BCUT2D eigenvalue weighted by Crippen LogP contribution is 2.44. The van der Waals surface area contributed by atoms with E-state index in [4.69, 9.17) is 71.1 Å². The SMILES string of the molecule is CC(C)(C)OC(=O)N1C(=O)CCC(c2ccc(OCCOCCOCC=O)cc2)C1=O.CCC(=O)N1CCOc2c(cc(-c3ccc(OC)c(OC)c3)cc2OC[C@@H]2CCCN(CCOCCOCCOc3ccc(C4CCC(=O)NC4=O)cc3)C2)C1.CCC(=O)N1CCOc2c(cc(-c3ccc(OC)c(OC)c3)cc2OC[C@@H]2CCCNC2)C1. The Balaban J connectivity index is 0.000000202. The number of carbonyl (C=O) groups is 8. The third kappa shape index (κ3) is 27.0. The summed E-state index contributed by atoms with van der Waals surface area (Å²) in [6.07, 6.45) is 6.44. The van der Waals surface area contributed by atoms with Crippen molar-refractivity contribution in [1.82, 2.24) is 30.2 Å². The molecule has 29 nitrogen and oxygen atoms in total. The molecule has 6 aromatic carbocycles. The number of carbonyl (C=O) groups excluding carboxylic acids is 8. The van der Waals surface area contributed by atoms with Gasteiger partial charge >= 0.3 is 6.09 Å². The fraction of sp³-hybridized carbons (Fsp3) is 0.516. The van der Waals surface area contributed by atoms with Gasteiger partial charge in [-0.3, -0.25) is 34.1 Å². The van der Waals surface area contributed by atoms with Crippen molar-refractivity contribution in [2.24, 2.45) is 11.8 Å². The van der Waals surface area contributed by atoms with E-state index in [1.165, 1.54) is 6.42 Å². The first-order valence-corrected chi connectivity index (χ1v) is 41.6. The van der Waals surface area contributed by atoms with Gasteiger partial charge in [0.1, 0.15) is 56.4 Å². The fourth-order valence-corrected chi connectivity index (χ4v) is 14.9. The Morgan fingerprint density at radius 1 is 0.517 bits per heavy atom. The van der Waals surface area contributed by atoms with Crippen molar-refractivity contribution in [2.75, 3.05) is 167 Å². The topological polar surface area (TPSA) is 312 Å². The zero-order valence-corrected chi connectivity index (χ0v) is 70.8. The van der Waals surface area contributed by atoms with Crippen LogP contribution in [0.4, 0.5) is 4.79 Å². The first kappa shape index (κ1) is 91.7. The number of imide groups is 4. The molecule has 0 spiro atoms. The second-order valence-corrected chi connectivity index (χ2v) is 30.8. The smallest absolute Gasteiger partial charge is 0.424 e. The quantitative estimate of drug-likeness (QED) is 0.0212. The van der Waals surface area contributed by atoms with Gasteiger partial charge in [0.05, 0.1) is 113 Å². The molecule has 12 rings (SSSR count). The Morgan fingerprint density at radius 2 is 1.01 bits per heavy atom. The highest BCUT2D eigenvalue weighted by atomic mass is 16.6. The van der Waals surface area contributed by atoms with Crippen LogP contribution in [0, 0.1) is 11.8 Å². The van der Waals surface area contributed by atoms with E-state index in [0.717, 1.165) is 102 Å². The van der Waals surface area contributed by atoms with Gasteiger partial charge in [0.25, 0.3) is 0 Å². The second kappa shape index (κ2) is 46.9. The Hall–Kier alpha value is -10.6. The van der Waals surface area contributed by atoms with Crippen molar-refractivity contribution in [1.29, 1.82) is 0 Å². The number of likely N-dealkylation sites (tertiary alicyclic amines) is 2. The highest BCUT2D eigenvalue weighted by Gasteiger charge is 2.42. The van der Waals surface area contributed by atoms with E-state index in [2.05, 4.69) is 27.7 Å². The maximum Gasteiger partial charge on any atom is 0.424 e. The van der Waals surface area contributed by atoms with Crippen LogP contribution >= 0.6 is 0 Å². The van der Waals surface area contributed by atoms with Crippen molar-refractivity contribution >= 4 is 47.8 Å². The van der Waals surface area contributed by atoms with Gasteiger partial charge in [0, 0.05) is 81.4 Å². The van der Waals surface area contributed by atoms with Gasteiger partial charge < -0.3 is 95.9 Å². The molecule has 0 saturated carbocycles. The molecule has 7 amide bonds. The lowest BCUT2D eigenvalue weighted by Crippen LogP contribution is -2.49. The largest absolute Gasteiger partial charge is 0.493 e. The minimum atomic E-state index is -0.941. The van der Waals surface area contributed by atoms with Crippen LogP contribution in [-0.4, -0.2) is 240 Å². The number of amides is 7. The van der Waals surface area contributed by atoms with E-state index in [0.29, 0.717) is 219 Å². The van der Waals surface area contributed by atoms with E-state index in [9.17, 15) is 38.4 Å². The molecule has 4 saturated heterocycles. The van der Waals surface area contributed by atoms with Gasteiger partial charge in [-0.1, -0.05) is 50.2 Å². The highest BCUT2D eigenvalue weighted by molar-refractivity contribution is 6.12. The molecule has 2 N–H and O–H groups in total. The Bertz CT molecular complexity index is 4360. The average molecular weight is 1660 g/mol. The van der Waals surface area contributed by atoms with Gasteiger partial charge in [0.15, 0.2) is 46.0 Å². The minimum Gasteiger partial charge on any atom is -0.493 e. The van der Waals surface area contributed by atoms with E-state index in [1.807, 2.05) is 96.4 Å². The predicted molar refractivity (Wildman–Crippen MR) is 447 cm³/mol. The van der Waals surface area contributed by atoms with Crippen molar-refractivity contribution in [3.8, 4) is 79.7 Å². The predicted octanol–water partition coefficient (Wildman–Crippen LogP) is 11.6. The molecule has 6 aliphatic rings. The van der Waals surface area contributed by atoms with Crippen LogP contribution in [0.2, 0.25) is 0 Å². The monoisotopic (exact) mass is 1660 g/mol. The van der Waals surface area contributed by atoms with Crippen molar-refractivity contribution in [3.05, 3.63) is 131 Å². The summed E-state index contributed by atoms with van der Waals surface area (Å²) >= 11 is 0. The summed E-state index contributed by atoms with van der Waals surface area (Å²) in [6.45, 7) is 21.6. The molecular weight excluding hydrogens is 1550 g/mol. The van der Waals surface area contributed by atoms with E-state index in [-0.39, 0.29) is 42.6 Å². The second-order valence-electron chi connectivity index (χ2n) is 30.8. The number of rotatable bonds is 35. The third-order valence-electron chi connectivity index (χ3n) is 21.2. The molecule has 6 aromatic rings. The molecule has 29 heteroatoms. The number of fused-ring (bicyclic) bond motifs is 2. The maximum absolute atomic E-state index is 12.8. The summed E-state index contributed by atoms with van der Waals surface area (Å²) in [4.78, 5) is 103. The van der Waals surface area contributed by atoms with Crippen LogP contribution < -0.4 is 58.0 Å². The molecule has 6 aliphatic heterocycles. The molecular formula is C91H118N6O23.